The third-order valence-electron chi connectivity index (χ3n) is 4.24. The summed E-state index contributed by atoms with van der Waals surface area (Å²) in [4.78, 5) is 22.1. The minimum Gasteiger partial charge on any atom is -0.268 e. The second-order valence-electron chi connectivity index (χ2n) is 6.22. The highest BCUT2D eigenvalue weighted by Gasteiger charge is 2.51. The lowest BCUT2D eigenvalue weighted by Crippen LogP contribution is -2.22. The molecule has 0 saturated heterocycles. The lowest BCUT2D eigenvalue weighted by Gasteiger charge is -2.12. The second-order valence-corrected chi connectivity index (χ2v) is 8.75. The molecule has 7 heteroatoms. The van der Waals surface area contributed by atoms with Gasteiger partial charge in [0, 0.05) is 17.9 Å². The predicted octanol–water partition coefficient (Wildman–Crippen LogP) is 4.38. The van der Waals surface area contributed by atoms with Crippen molar-refractivity contribution in [2.45, 2.75) is 22.8 Å². The molecule has 2 aromatic heterocycles. The number of fused-ring (bicyclic) bond motifs is 1. The quantitative estimate of drug-likeness (QED) is 0.376. The molecule has 0 aliphatic heterocycles. The van der Waals surface area contributed by atoms with Crippen LogP contribution >= 0.6 is 35.0 Å². The van der Waals surface area contributed by atoms with Crippen molar-refractivity contribution < 1.29 is 0 Å². The van der Waals surface area contributed by atoms with E-state index in [1.165, 1.54) is 11.8 Å². The summed E-state index contributed by atoms with van der Waals surface area (Å²) >= 11 is 13.7. The van der Waals surface area contributed by atoms with E-state index in [0.717, 1.165) is 12.0 Å². The van der Waals surface area contributed by atoms with Crippen molar-refractivity contribution in [3.63, 3.8) is 0 Å². The molecule has 25 heavy (non-hydrogen) atoms. The highest BCUT2D eigenvalue weighted by molar-refractivity contribution is 7.99. The molecule has 1 saturated carbocycles. The summed E-state index contributed by atoms with van der Waals surface area (Å²) < 4.78 is 0.927. The first-order chi connectivity index (χ1) is 12.0. The minimum atomic E-state index is -0.642. The zero-order valence-corrected chi connectivity index (χ0v) is 15.8. The minimum absolute atomic E-state index is 0.122. The van der Waals surface area contributed by atoms with Gasteiger partial charge in [-0.25, -0.2) is 14.5 Å². The summed E-state index contributed by atoms with van der Waals surface area (Å²) in [5.41, 5.74) is 1.59. The Kier molecular flexibility index (Phi) is 4.26. The molecular weight excluding hydrogens is 377 g/mol. The number of nitrogens with zero attached hydrogens (tertiary/aromatic N) is 3. The molecule has 1 aliphatic rings. The Morgan fingerprint density at radius 3 is 2.72 bits per heavy atom. The number of thioether (sulfide) groups is 1. The van der Waals surface area contributed by atoms with Gasteiger partial charge in [-0.3, -0.25) is 4.79 Å². The Balaban J connectivity index is 1.82. The van der Waals surface area contributed by atoms with Crippen LogP contribution in [0.25, 0.3) is 16.7 Å². The summed E-state index contributed by atoms with van der Waals surface area (Å²) in [5, 5.41) is 1.18. The van der Waals surface area contributed by atoms with E-state index in [2.05, 4.69) is 9.97 Å². The first-order valence-corrected chi connectivity index (χ1v) is 9.65. The van der Waals surface area contributed by atoms with Crippen LogP contribution in [-0.4, -0.2) is 24.6 Å². The van der Waals surface area contributed by atoms with Crippen molar-refractivity contribution in [3.05, 3.63) is 58.5 Å². The predicted molar refractivity (Wildman–Crippen MR) is 103 cm³/mol. The molecule has 0 amide bonds. The Labute approximate surface area is 159 Å². The standard InChI is InChI=1S/C18H15Cl2N3OS/c1-11-6-7-15(21-9-11)23-16(24)13-4-2-3-5-14(13)22-17(23)25-10-12-8-18(12,19)20/h2-7,9,12H,8,10H2,1H3/t12-/m1/s1. The molecule has 0 unspecified atom stereocenters. The average Bonchev–Trinajstić information content (AvgIpc) is 3.21. The van der Waals surface area contributed by atoms with Gasteiger partial charge in [0.1, 0.15) is 10.2 Å². The van der Waals surface area contributed by atoms with Crippen LogP contribution in [0.1, 0.15) is 12.0 Å². The van der Waals surface area contributed by atoms with E-state index in [9.17, 15) is 4.79 Å². The normalized spacial score (nSPS) is 18.4. The fourth-order valence-electron chi connectivity index (χ4n) is 2.63. The molecule has 0 bridgehead atoms. The van der Waals surface area contributed by atoms with Crippen molar-refractivity contribution in [1.29, 1.82) is 0 Å². The maximum atomic E-state index is 13.0. The third kappa shape index (κ3) is 3.28. The Hall–Kier alpha value is -1.56. The first-order valence-electron chi connectivity index (χ1n) is 7.91. The van der Waals surface area contributed by atoms with Gasteiger partial charge in [-0.1, -0.05) is 30.0 Å². The van der Waals surface area contributed by atoms with Crippen LogP contribution in [0.5, 0.6) is 0 Å². The maximum absolute atomic E-state index is 13.0. The van der Waals surface area contributed by atoms with E-state index < -0.39 is 4.33 Å². The largest absolute Gasteiger partial charge is 0.268 e. The highest BCUT2D eigenvalue weighted by atomic mass is 35.5. The van der Waals surface area contributed by atoms with Crippen molar-refractivity contribution >= 4 is 45.9 Å². The number of alkyl halides is 2. The van der Waals surface area contributed by atoms with Crippen molar-refractivity contribution in [3.8, 4) is 5.82 Å². The number of para-hydroxylation sites is 1. The number of benzene rings is 1. The molecule has 4 rings (SSSR count). The summed E-state index contributed by atoms with van der Waals surface area (Å²) in [6.07, 6.45) is 2.51. The zero-order chi connectivity index (χ0) is 17.6. The average molecular weight is 392 g/mol. The van der Waals surface area contributed by atoms with Crippen LogP contribution < -0.4 is 5.56 Å². The Morgan fingerprint density at radius 1 is 1.28 bits per heavy atom. The van der Waals surface area contributed by atoms with Crippen LogP contribution in [0, 0.1) is 12.8 Å². The highest BCUT2D eigenvalue weighted by Crippen LogP contribution is 2.54. The molecule has 4 nitrogen and oxygen atoms in total. The van der Waals surface area contributed by atoms with E-state index in [0.29, 0.717) is 27.6 Å². The lowest BCUT2D eigenvalue weighted by atomic mass is 10.2. The molecular formula is C18H15Cl2N3OS. The number of pyridine rings is 1. The smallest absolute Gasteiger partial charge is 0.267 e. The molecule has 1 atom stereocenters. The van der Waals surface area contributed by atoms with Gasteiger partial charge in [-0.05, 0) is 37.1 Å². The molecule has 1 aromatic carbocycles. The molecule has 0 radical (unpaired) electrons. The topological polar surface area (TPSA) is 47.8 Å². The number of halogens is 2. The molecule has 2 heterocycles. The van der Waals surface area contributed by atoms with Gasteiger partial charge >= 0.3 is 0 Å². The number of aryl methyl sites for hydroxylation is 1. The van der Waals surface area contributed by atoms with Gasteiger partial charge in [0.05, 0.1) is 10.9 Å². The Morgan fingerprint density at radius 2 is 2.04 bits per heavy atom. The van der Waals surface area contributed by atoms with E-state index in [-0.39, 0.29) is 11.5 Å². The molecule has 1 fully saturated rings. The van der Waals surface area contributed by atoms with Crippen LogP contribution in [-0.2, 0) is 0 Å². The van der Waals surface area contributed by atoms with Crippen LogP contribution in [0.3, 0.4) is 0 Å². The zero-order valence-electron chi connectivity index (χ0n) is 13.4. The van der Waals surface area contributed by atoms with Crippen LogP contribution in [0.15, 0.2) is 52.5 Å². The first kappa shape index (κ1) is 16.9. The van der Waals surface area contributed by atoms with Crippen molar-refractivity contribution in [2.24, 2.45) is 5.92 Å². The van der Waals surface area contributed by atoms with Gasteiger partial charge < -0.3 is 0 Å². The number of aromatic nitrogens is 3. The maximum Gasteiger partial charge on any atom is 0.267 e. The molecule has 0 N–H and O–H groups in total. The van der Waals surface area contributed by atoms with Crippen molar-refractivity contribution in [2.75, 3.05) is 5.75 Å². The lowest BCUT2D eigenvalue weighted by molar-refractivity contribution is 0.792. The third-order valence-corrected chi connectivity index (χ3v) is 6.27. The SMILES string of the molecule is Cc1ccc(-n2c(SC[C@H]3CC3(Cl)Cl)nc3ccccc3c2=O)nc1. The molecule has 128 valence electrons. The molecule has 0 spiro atoms. The molecule has 3 aromatic rings. The summed E-state index contributed by atoms with van der Waals surface area (Å²) in [6.45, 7) is 1.96. The van der Waals surface area contributed by atoms with Crippen LogP contribution in [0.4, 0.5) is 0 Å². The van der Waals surface area contributed by atoms with E-state index in [4.69, 9.17) is 23.2 Å². The van der Waals surface area contributed by atoms with Crippen molar-refractivity contribution in [1.82, 2.24) is 14.5 Å². The summed E-state index contributed by atoms with van der Waals surface area (Å²) in [7, 11) is 0. The number of hydrogen-bond acceptors (Lipinski definition) is 4. The summed E-state index contributed by atoms with van der Waals surface area (Å²) in [6, 6.07) is 11.1. The van der Waals surface area contributed by atoms with Gasteiger partial charge in [0.25, 0.3) is 5.56 Å². The fourth-order valence-corrected chi connectivity index (χ4v) is 4.56. The van der Waals surface area contributed by atoms with E-state index in [1.807, 2.05) is 37.3 Å². The number of hydrogen-bond donors (Lipinski definition) is 0. The van der Waals surface area contributed by atoms with Gasteiger partial charge in [0.15, 0.2) is 5.16 Å². The number of rotatable bonds is 4. The van der Waals surface area contributed by atoms with Crippen LogP contribution in [0.2, 0.25) is 0 Å². The van der Waals surface area contributed by atoms with Gasteiger partial charge in [0.2, 0.25) is 0 Å². The van der Waals surface area contributed by atoms with E-state index >= 15 is 0 Å². The summed E-state index contributed by atoms with van der Waals surface area (Å²) in [5.74, 6) is 1.49. The fraction of sp³-hybridized carbons (Fsp3) is 0.278. The van der Waals surface area contributed by atoms with Gasteiger partial charge in [-0.2, -0.15) is 0 Å². The second kappa shape index (κ2) is 6.31. The Bertz CT molecular complexity index is 1000. The van der Waals surface area contributed by atoms with Gasteiger partial charge in [-0.15, -0.1) is 23.2 Å². The molecule has 1 aliphatic carbocycles. The van der Waals surface area contributed by atoms with E-state index in [1.54, 1.807) is 16.8 Å². The monoisotopic (exact) mass is 391 g/mol.